The number of rotatable bonds is 4. The van der Waals surface area contributed by atoms with E-state index in [2.05, 4.69) is 73.7 Å². The van der Waals surface area contributed by atoms with Gasteiger partial charge in [0.05, 0.1) is 0 Å². The van der Waals surface area contributed by atoms with Crippen molar-refractivity contribution in [1.82, 2.24) is 0 Å². The van der Waals surface area contributed by atoms with E-state index in [0.29, 0.717) is 5.41 Å². The zero-order valence-corrected chi connectivity index (χ0v) is 15.6. The second-order valence-electron chi connectivity index (χ2n) is 8.27. The predicted octanol–water partition coefficient (Wildman–Crippen LogP) is 7.42. The van der Waals surface area contributed by atoms with Crippen LogP contribution in [-0.2, 0) is 6.42 Å². The first kappa shape index (κ1) is 15.9. The Morgan fingerprint density at radius 3 is 2.42 bits per heavy atom. The Bertz CT molecular complexity index is 991. The van der Waals surface area contributed by atoms with E-state index < -0.39 is 0 Å². The van der Waals surface area contributed by atoms with Crippen LogP contribution in [0.1, 0.15) is 50.2 Å². The fourth-order valence-electron chi connectivity index (χ4n) is 5.06. The summed E-state index contributed by atoms with van der Waals surface area (Å²) in [7, 11) is 0. The van der Waals surface area contributed by atoms with Crippen molar-refractivity contribution in [3.63, 3.8) is 0 Å². The molecule has 0 heteroatoms. The van der Waals surface area contributed by atoms with Crippen LogP contribution < -0.4 is 0 Å². The Morgan fingerprint density at radius 1 is 0.846 bits per heavy atom. The number of hydrogen-bond acceptors (Lipinski definition) is 0. The first-order valence-corrected chi connectivity index (χ1v) is 10.1. The maximum absolute atomic E-state index is 2.52. The lowest BCUT2D eigenvalue weighted by Crippen LogP contribution is -2.28. The number of allylic oxidation sites excluding steroid dienone is 1. The molecule has 0 aromatic heterocycles. The topological polar surface area (TPSA) is 0 Å². The minimum absolute atomic E-state index is 0.605. The lowest BCUT2D eigenvalue weighted by atomic mass is 9.63. The van der Waals surface area contributed by atoms with E-state index in [-0.39, 0.29) is 0 Å². The highest BCUT2D eigenvalue weighted by Gasteiger charge is 2.36. The molecule has 2 aliphatic rings. The van der Waals surface area contributed by atoms with Crippen LogP contribution in [0.5, 0.6) is 0 Å². The van der Waals surface area contributed by atoms with Gasteiger partial charge in [0.15, 0.2) is 0 Å². The normalized spacial score (nSPS) is 17.7. The van der Waals surface area contributed by atoms with Gasteiger partial charge in [-0.25, -0.2) is 0 Å². The second kappa shape index (κ2) is 6.13. The first-order valence-electron chi connectivity index (χ1n) is 10.1. The highest BCUT2D eigenvalue weighted by Crippen LogP contribution is 2.50. The summed E-state index contributed by atoms with van der Waals surface area (Å²) in [4.78, 5) is 0. The van der Waals surface area contributed by atoms with Gasteiger partial charge in [-0.2, -0.15) is 0 Å². The second-order valence-corrected chi connectivity index (χ2v) is 8.27. The molecule has 0 spiro atoms. The molecule has 5 rings (SSSR count). The van der Waals surface area contributed by atoms with E-state index >= 15 is 0 Å². The molecular formula is C26H26. The molecule has 0 aliphatic heterocycles. The van der Waals surface area contributed by atoms with Gasteiger partial charge in [-0.15, -0.1) is 0 Å². The van der Waals surface area contributed by atoms with Crippen molar-refractivity contribution < 1.29 is 0 Å². The Labute approximate surface area is 156 Å². The molecule has 0 saturated heterocycles. The first-order chi connectivity index (χ1) is 12.8. The van der Waals surface area contributed by atoms with Crippen LogP contribution in [0.3, 0.4) is 0 Å². The summed E-state index contributed by atoms with van der Waals surface area (Å²) in [5, 5.41) is 2.68. The third-order valence-corrected chi connectivity index (χ3v) is 6.81. The van der Waals surface area contributed by atoms with Crippen LogP contribution in [0, 0.1) is 5.41 Å². The molecule has 2 aliphatic carbocycles. The molecule has 3 aromatic carbocycles. The quantitative estimate of drug-likeness (QED) is 0.464. The van der Waals surface area contributed by atoms with E-state index in [1.807, 2.05) is 0 Å². The van der Waals surface area contributed by atoms with Crippen molar-refractivity contribution in [2.75, 3.05) is 0 Å². The zero-order chi connectivity index (χ0) is 17.6. The molecule has 3 aromatic rings. The Hall–Kier alpha value is -2.34. The minimum Gasteiger partial charge on any atom is -0.0648 e. The highest BCUT2D eigenvalue weighted by atomic mass is 14.4. The Morgan fingerprint density at radius 2 is 1.62 bits per heavy atom. The maximum atomic E-state index is 2.52. The highest BCUT2D eigenvalue weighted by molar-refractivity contribution is 5.99. The summed E-state index contributed by atoms with van der Waals surface area (Å²) >= 11 is 0. The molecule has 130 valence electrons. The van der Waals surface area contributed by atoms with Crippen molar-refractivity contribution in [3.05, 3.63) is 77.4 Å². The molecule has 0 amide bonds. The van der Waals surface area contributed by atoms with Gasteiger partial charge in [-0.3, -0.25) is 0 Å². The predicted molar refractivity (Wildman–Crippen MR) is 112 cm³/mol. The fraction of sp³-hybridized carbons (Fsp3) is 0.308. The molecule has 0 nitrogen and oxygen atoms in total. The Balaban J connectivity index is 1.58. The van der Waals surface area contributed by atoms with Gasteiger partial charge in [-0.1, -0.05) is 92.1 Å². The van der Waals surface area contributed by atoms with Crippen molar-refractivity contribution in [2.45, 2.75) is 45.4 Å². The van der Waals surface area contributed by atoms with Gasteiger partial charge >= 0.3 is 0 Å². The summed E-state index contributed by atoms with van der Waals surface area (Å²) in [5.74, 6) is 0. The van der Waals surface area contributed by atoms with Crippen molar-refractivity contribution in [1.29, 1.82) is 0 Å². The smallest absolute Gasteiger partial charge is 0.00574 e. The van der Waals surface area contributed by atoms with Crippen LogP contribution in [0.25, 0.3) is 28.0 Å². The van der Waals surface area contributed by atoms with E-state index in [4.69, 9.17) is 0 Å². The molecule has 0 atom stereocenters. The molecule has 1 saturated carbocycles. The van der Waals surface area contributed by atoms with Gasteiger partial charge in [0.25, 0.3) is 0 Å². The average Bonchev–Trinajstić information content (AvgIpc) is 3.07. The largest absolute Gasteiger partial charge is 0.0648 e. The summed E-state index contributed by atoms with van der Waals surface area (Å²) in [6, 6.07) is 22.3. The van der Waals surface area contributed by atoms with Crippen molar-refractivity contribution in [2.24, 2.45) is 5.41 Å². The van der Waals surface area contributed by atoms with Gasteiger partial charge in [0.2, 0.25) is 0 Å². The van der Waals surface area contributed by atoms with Gasteiger partial charge in [0.1, 0.15) is 0 Å². The molecule has 0 radical (unpaired) electrons. The van der Waals surface area contributed by atoms with E-state index in [9.17, 15) is 0 Å². The van der Waals surface area contributed by atoms with E-state index in [1.54, 1.807) is 5.57 Å². The monoisotopic (exact) mass is 338 g/mol. The van der Waals surface area contributed by atoms with Crippen molar-refractivity contribution in [3.8, 4) is 11.1 Å². The van der Waals surface area contributed by atoms with Crippen LogP contribution >= 0.6 is 0 Å². The zero-order valence-electron chi connectivity index (χ0n) is 15.6. The molecule has 26 heavy (non-hydrogen) atoms. The van der Waals surface area contributed by atoms with Crippen molar-refractivity contribution >= 4 is 16.8 Å². The molecule has 0 heterocycles. The molecule has 0 N–H and O–H groups in total. The number of fused-ring (bicyclic) bond motifs is 2. The van der Waals surface area contributed by atoms with Crippen LogP contribution in [0.4, 0.5) is 0 Å². The van der Waals surface area contributed by atoms with E-state index in [0.717, 1.165) is 6.42 Å². The van der Waals surface area contributed by atoms with E-state index in [1.165, 1.54) is 65.1 Å². The number of benzene rings is 3. The molecule has 1 fully saturated rings. The molecular weight excluding hydrogens is 312 g/mol. The fourth-order valence-corrected chi connectivity index (χ4v) is 5.06. The standard InChI is InChI=1S/C26H26/c1-2-26(14-7-15-26)18-19-16-21-10-6-13-24(25(21)17-19)23-12-5-9-20-8-3-4-11-22(20)23/h3-6,8-13,17H,2,7,14-16,18H2,1H3. The summed E-state index contributed by atoms with van der Waals surface area (Å²) in [6.07, 6.45) is 10.6. The van der Waals surface area contributed by atoms with Crippen LogP contribution in [0.15, 0.2) is 66.2 Å². The molecule has 0 bridgehead atoms. The van der Waals surface area contributed by atoms with Gasteiger partial charge in [0, 0.05) is 0 Å². The average molecular weight is 338 g/mol. The third kappa shape index (κ3) is 2.51. The number of hydrogen-bond donors (Lipinski definition) is 0. The summed E-state index contributed by atoms with van der Waals surface area (Å²) < 4.78 is 0. The van der Waals surface area contributed by atoms with Gasteiger partial charge in [-0.05, 0) is 64.1 Å². The lowest BCUT2D eigenvalue weighted by Gasteiger charge is -2.42. The Kier molecular flexibility index (Phi) is 3.74. The van der Waals surface area contributed by atoms with Crippen LogP contribution in [-0.4, -0.2) is 0 Å². The summed E-state index contributed by atoms with van der Waals surface area (Å²) in [5.41, 5.74) is 7.99. The third-order valence-electron chi connectivity index (χ3n) is 6.81. The van der Waals surface area contributed by atoms with Gasteiger partial charge < -0.3 is 0 Å². The minimum atomic E-state index is 0.605. The van der Waals surface area contributed by atoms with Crippen LogP contribution in [0.2, 0.25) is 0 Å². The molecule has 0 unspecified atom stereocenters. The lowest BCUT2D eigenvalue weighted by molar-refractivity contribution is 0.127. The summed E-state index contributed by atoms with van der Waals surface area (Å²) in [6.45, 7) is 2.38. The maximum Gasteiger partial charge on any atom is -0.00574 e. The SMILES string of the molecule is CCC1(CC2=Cc3c(cccc3-c3cccc4ccccc34)C2)CCC1.